The van der Waals surface area contributed by atoms with Gasteiger partial charge in [0.25, 0.3) is 0 Å². The summed E-state index contributed by atoms with van der Waals surface area (Å²) in [5, 5.41) is 10.3. The third-order valence-electron chi connectivity index (χ3n) is 2.98. The minimum absolute atomic E-state index is 0.201. The lowest BCUT2D eigenvalue weighted by molar-refractivity contribution is -0.0180. The normalized spacial score (nSPS) is 14.1. The summed E-state index contributed by atoms with van der Waals surface area (Å²) in [6, 6.07) is 5.40. The number of ether oxygens (including phenoxy) is 3. The van der Waals surface area contributed by atoms with Gasteiger partial charge in [-0.15, -0.1) is 0 Å². The van der Waals surface area contributed by atoms with E-state index in [0.717, 1.165) is 18.4 Å². The fourth-order valence-corrected chi connectivity index (χ4v) is 1.94. The number of hydrogen-bond donors (Lipinski definition) is 1. The quantitative estimate of drug-likeness (QED) is 0.812. The summed E-state index contributed by atoms with van der Waals surface area (Å²) in [6.07, 6.45) is 0.914. The highest BCUT2D eigenvalue weighted by molar-refractivity contribution is 5.43. The number of aliphatic hydroxyl groups is 1. The minimum atomic E-state index is -0.658. The van der Waals surface area contributed by atoms with Gasteiger partial charge >= 0.3 is 0 Å². The van der Waals surface area contributed by atoms with E-state index < -0.39 is 6.10 Å². The van der Waals surface area contributed by atoms with E-state index in [0.29, 0.717) is 11.5 Å². The van der Waals surface area contributed by atoms with Crippen molar-refractivity contribution in [2.75, 3.05) is 21.3 Å². The first kappa shape index (κ1) is 14.8. The molecule has 0 radical (unpaired) electrons. The summed E-state index contributed by atoms with van der Waals surface area (Å²) >= 11 is 0. The lowest BCUT2D eigenvalue weighted by Crippen LogP contribution is -2.20. The summed E-state index contributed by atoms with van der Waals surface area (Å²) < 4.78 is 15.7. The average molecular weight is 254 g/mol. The van der Waals surface area contributed by atoms with E-state index >= 15 is 0 Å². The van der Waals surface area contributed by atoms with Gasteiger partial charge in [0.05, 0.1) is 20.3 Å². The largest absolute Gasteiger partial charge is 0.493 e. The molecule has 1 rings (SSSR count). The molecule has 0 aromatic heterocycles. The van der Waals surface area contributed by atoms with Gasteiger partial charge in [0.2, 0.25) is 0 Å². The molecule has 0 aliphatic carbocycles. The number of benzene rings is 1. The first-order chi connectivity index (χ1) is 8.67. The molecule has 2 unspecified atom stereocenters. The van der Waals surface area contributed by atoms with Gasteiger partial charge in [0, 0.05) is 7.11 Å². The fraction of sp³-hybridized carbons (Fsp3) is 0.571. The van der Waals surface area contributed by atoms with Gasteiger partial charge in [-0.2, -0.15) is 0 Å². The molecule has 2 atom stereocenters. The smallest absolute Gasteiger partial charge is 0.161 e. The van der Waals surface area contributed by atoms with Gasteiger partial charge in [0.15, 0.2) is 11.5 Å². The highest BCUT2D eigenvalue weighted by Crippen LogP contribution is 2.32. The van der Waals surface area contributed by atoms with Gasteiger partial charge in [-0.1, -0.05) is 19.4 Å². The SMILES string of the molecule is CCCC(OC)C(O)c1ccc(OC)c(OC)c1. The van der Waals surface area contributed by atoms with Crippen LogP contribution in [-0.2, 0) is 4.74 Å². The Bertz CT molecular complexity index is 365. The van der Waals surface area contributed by atoms with Crippen LogP contribution >= 0.6 is 0 Å². The van der Waals surface area contributed by atoms with Crippen LogP contribution in [-0.4, -0.2) is 32.5 Å². The second-order valence-electron chi connectivity index (χ2n) is 4.12. The Morgan fingerprint density at radius 1 is 1.11 bits per heavy atom. The van der Waals surface area contributed by atoms with Crippen LogP contribution in [0.2, 0.25) is 0 Å². The maximum atomic E-state index is 10.3. The van der Waals surface area contributed by atoms with Crippen LogP contribution in [0.3, 0.4) is 0 Å². The van der Waals surface area contributed by atoms with Gasteiger partial charge < -0.3 is 19.3 Å². The van der Waals surface area contributed by atoms with Gasteiger partial charge in [0.1, 0.15) is 6.10 Å². The lowest BCUT2D eigenvalue weighted by atomic mass is 10.0. The summed E-state index contributed by atoms with van der Waals surface area (Å²) in [6.45, 7) is 2.06. The maximum Gasteiger partial charge on any atom is 0.161 e. The van der Waals surface area contributed by atoms with Crippen LogP contribution in [0.5, 0.6) is 11.5 Å². The second-order valence-corrected chi connectivity index (χ2v) is 4.12. The van der Waals surface area contributed by atoms with E-state index in [4.69, 9.17) is 14.2 Å². The Morgan fingerprint density at radius 2 is 1.78 bits per heavy atom. The predicted octanol–water partition coefficient (Wildman–Crippen LogP) is 2.55. The average Bonchev–Trinajstić information content (AvgIpc) is 2.43. The zero-order chi connectivity index (χ0) is 13.5. The number of methoxy groups -OCH3 is 3. The topological polar surface area (TPSA) is 47.9 Å². The molecule has 102 valence electrons. The molecule has 0 saturated heterocycles. The molecule has 0 amide bonds. The van der Waals surface area contributed by atoms with Crippen molar-refractivity contribution in [2.24, 2.45) is 0 Å². The predicted molar refractivity (Wildman–Crippen MR) is 70.2 cm³/mol. The lowest BCUT2D eigenvalue weighted by Gasteiger charge is -2.22. The molecule has 4 heteroatoms. The van der Waals surface area contributed by atoms with Crippen LogP contribution < -0.4 is 9.47 Å². The highest BCUT2D eigenvalue weighted by Gasteiger charge is 2.21. The van der Waals surface area contributed by atoms with Crippen LogP contribution in [0.15, 0.2) is 18.2 Å². The van der Waals surface area contributed by atoms with Crippen molar-refractivity contribution in [3.63, 3.8) is 0 Å². The summed E-state index contributed by atoms with van der Waals surface area (Å²) in [5.74, 6) is 1.26. The molecule has 0 fully saturated rings. The molecule has 0 aliphatic rings. The monoisotopic (exact) mass is 254 g/mol. The van der Waals surface area contributed by atoms with E-state index in [2.05, 4.69) is 6.92 Å². The van der Waals surface area contributed by atoms with E-state index in [9.17, 15) is 5.11 Å². The van der Waals surface area contributed by atoms with Gasteiger partial charge in [-0.3, -0.25) is 0 Å². The Kier molecular flexibility index (Phi) is 5.95. The molecular weight excluding hydrogens is 232 g/mol. The summed E-state index contributed by atoms with van der Waals surface area (Å²) in [5.41, 5.74) is 0.771. The van der Waals surface area contributed by atoms with Crippen LogP contribution in [0.4, 0.5) is 0 Å². The van der Waals surface area contributed by atoms with Crippen molar-refractivity contribution in [2.45, 2.75) is 32.0 Å². The van der Waals surface area contributed by atoms with Crippen molar-refractivity contribution >= 4 is 0 Å². The zero-order valence-corrected chi connectivity index (χ0v) is 11.5. The van der Waals surface area contributed by atoms with E-state index in [1.54, 1.807) is 33.5 Å². The third kappa shape index (κ3) is 3.37. The molecule has 1 aromatic rings. The van der Waals surface area contributed by atoms with Crippen molar-refractivity contribution < 1.29 is 19.3 Å². The molecule has 4 nitrogen and oxygen atoms in total. The van der Waals surface area contributed by atoms with E-state index in [-0.39, 0.29) is 6.10 Å². The molecule has 1 aromatic carbocycles. The molecule has 0 heterocycles. The van der Waals surface area contributed by atoms with E-state index in [1.807, 2.05) is 6.07 Å². The van der Waals surface area contributed by atoms with Crippen LogP contribution in [0.1, 0.15) is 31.4 Å². The van der Waals surface area contributed by atoms with Crippen LogP contribution in [0.25, 0.3) is 0 Å². The van der Waals surface area contributed by atoms with Crippen molar-refractivity contribution in [3.05, 3.63) is 23.8 Å². The first-order valence-corrected chi connectivity index (χ1v) is 6.10. The number of rotatable bonds is 7. The number of aliphatic hydroxyl groups excluding tert-OH is 1. The van der Waals surface area contributed by atoms with Gasteiger partial charge in [-0.25, -0.2) is 0 Å². The molecular formula is C14H22O4. The molecule has 1 N–H and O–H groups in total. The molecule has 0 bridgehead atoms. The molecule has 0 aliphatic heterocycles. The first-order valence-electron chi connectivity index (χ1n) is 6.10. The third-order valence-corrected chi connectivity index (χ3v) is 2.98. The second kappa shape index (κ2) is 7.24. The van der Waals surface area contributed by atoms with Crippen molar-refractivity contribution in [3.8, 4) is 11.5 Å². The Balaban J connectivity index is 2.94. The van der Waals surface area contributed by atoms with Crippen LogP contribution in [0, 0.1) is 0 Å². The highest BCUT2D eigenvalue weighted by atomic mass is 16.5. The summed E-state index contributed by atoms with van der Waals surface area (Å²) in [7, 11) is 4.78. The van der Waals surface area contributed by atoms with Gasteiger partial charge in [-0.05, 0) is 24.1 Å². The molecule has 0 saturated carbocycles. The number of hydrogen-bond acceptors (Lipinski definition) is 4. The zero-order valence-electron chi connectivity index (χ0n) is 11.5. The summed E-state index contributed by atoms with van der Waals surface area (Å²) in [4.78, 5) is 0. The Labute approximate surface area is 108 Å². The standard InChI is InChI=1S/C14H22O4/c1-5-6-12(17-3)14(15)10-7-8-11(16-2)13(9-10)18-4/h7-9,12,14-15H,5-6H2,1-4H3. The Morgan fingerprint density at radius 3 is 2.28 bits per heavy atom. The maximum absolute atomic E-state index is 10.3. The van der Waals surface area contributed by atoms with Crippen molar-refractivity contribution in [1.29, 1.82) is 0 Å². The Hall–Kier alpha value is -1.26. The van der Waals surface area contributed by atoms with E-state index in [1.165, 1.54) is 0 Å². The minimum Gasteiger partial charge on any atom is -0.493 e. The fourth-order valence-electron chi connectivity index (χ4n) is 1.94. The molecule has 18 heavy (non-hydrogen) atoms. The molecule has 0 spiro atoms. The van der Waals surface area contributed by atoms with Crippen molar-refractivity contribution in [1.82, 2.24) is 0 Å².